The molecular weight excluding hydrogens is 454 g/mol. The number of halogens is 1. The summed E-state index contributed by atoms with van der Waals surface area (Å²) in [6.45, 7) is 5.37. The van der Waals surface area contributed by atoms with E-state index in [4.69, 9.17) is 16.3 Å². The number of carbonyl (C=O) groups is 1. The summed E-state index contributed by atoms with van der Waals surface area (Å²) >= 11 is 6.05. The molecule has 3 heterocycles. The zero-order valence-electron chi connectivity index (χ0n) is 18.8. The maximum Gasteiger partial charge on any atom is 0.282 e. The van der Waals surface area contributed by atoms with Crippen LogP contribution in [0.2, 0.25) is 5.02 Å². The van der Waals surface area contributed by atoms with Crippen molar-refractivity contribution in [3.05, 3.63) is 75.7 Å². The Kier molecular flexibility index (Phi) is 6.28. The minimum absolute atomic E-state index is 0.206. The fourth-order valence-electron chi connectivity index (χ4n) is 4.32. The van der Waals surface area contributed by atoms with Crippen molar-refractivity contribution in [2.75, 3.05) is 48.4 Å². The molecule has 2 aromatic carbocycles. The molecule has 4 N–H and O–H groups in total. The molecule has 3 aliphatic heterocycles. The van der Waals surface area contributed by atoms with Crippen molar-refractivity contribution >= 4 is 40.8 Å². The molecule has 8 nitrogen and oxygen atoms in total. The lowest BCUT2D eigenvalue weighted by atomic mass is 10.1. The normalized spacial score (nSPS) is 20.4. The average Bonchev–Trinajstić information content (AvgIpc) is 3.27. The summed E-state index contributed by atoms with van der Waals surface area (Å²) < 4.78 is 5.47. The van der Waals surface area contributed by atoms with E-state index < -0.39 is 6.10 Å². The number of carbonyl (C=O) groups excluding carboxylic acids is 1. The zero-order chi connectivity index (χ0) is 23.7. The standard InChI is InChI=1S/C25H26ClN5O3/c1-15-11-18(31-7-9-34-10-8-31)13-20-23(15)30-24(29-20)22-19(5-6-27-25(22)33)28-14-21(32)16-3-2-4-17(26)12-16/h2-6,11-13,21,28-30,32H,7-10,14H2,1H3/b24-22-. The first-order chi connectivity index (χ1) is 16.5. The number of aliphatic hydroxyl groups is 1. The Morgan fingerprint density at radius 3 is 2.85 bits per heavy atom. The van der Waals surface area contributed by atoms with Gasteiger partial charge in [0.05, 0.1) is 36.4 Å². The maximum absolute atomic E-state index is 12.8. The topological polar surface area (TPSA) is 98.2 Å². The minimum Gasteiger partial charge on any atom is -0.387 e. The third-order valence-corrected chi connectivity index (χ3v) is 6.33. The number of nitrogens with one attached hydrogen (secondary N) is 3. The predicted octanol–water partition coefficient (Wildman–Crippen LogP) is 3.35. The van der Waals surface area contributed by atoms with Crippen molar-refractivity contribution in [1.82, 2.24) is 5.32 Å². The number of aliphatic hydroxyl groups excluding tert-OH is 1. The van der Waals surface area contributed by atoms with Gasteiger partial charge in [-0.05, 0) is 48.4 Å². The van der Waals surface area contributed by atoms with Gasteiger partial charge in [0.1, 0.15) is 11.4 Å². The lowest BCUT2D eigenvalue weighted by molar-refractivity contribution is -0.114. The first kappa shape index (κ1) is 22.5. The Balaban J connectivity index is 1.37. The smallest absolute Gasteiger partial charge is 0.282 e. The van der Waals surface area contributed by atoms with Gasteiger partial charge in [0.2, 0.25) is 0 Å². The number of amides is 1. The van der Waals surface area contributed by atoms with E-state index in [1.165, 1.54) is 6.21 Å². The average molecular weight is 480 g/mol. The molecule has 34 heavy (non-hydrogen) atoms. The Bertz CT molecular complexity index is 1220. The summed E-state index contributed by atoms with van der Waals surface area (Å²) in [5.74, 6) is 0.200. The van der Waals surface area contributed by atoms with E-state index in [9.17, 15) is 9.90 Å². The van der Waals surface area contributed by atoms with Crippen LogP contribution in [0.1, 0.15) is 17.2 Å². The fourth-order valence-corrected chi connectivity index (χ4v) is 4.52. The highest BCUT2D eigenvalue weighted by Gasteiger charge is 2.28. The summed E-state index contributed by atoms with van der Waals surface area (Å²) in [5.41, 5.74) is 5.70. The monoisotopic (exact) mass is 479 g/mol. The maximum atomic E-state index is 12.8. The summed E-state index contributed by atoms with van der Waals surface area (Å²) in [6, 6.07) is 11.3. The molecule has 5 rings (SSSR count). The number of rotatable bonds is 5. The van der Waals surface area contributed by atoms with Gasteiger partial charge in [0.15, 0.2) is 0 Å². The van der Waals surface area contributed by atoms with Gasteiger partial charge in [0.25, 0.3) is 5.91 Å². The van der Waals surface area contributed by atoms with Gasteiger partial charge < -0.3 is 30.7 Å². The molecule has 0 radical (unpaired) electrons. The Labute approximate surface area is 203 Å². The third-order valence-electron chi connectivity index (χ3n) is 6.09. The van der Waals surface area contributed by atoms with Crippen molar-refractivity contribution in [1.29, 1.82) is 0 Å². The van der Waals surface area contributed by atoms with Crippen LogP contribution in [0.5, 0.6) is 0 Å². The van der Waals surface area contributed by atoms with Gasteiger partial charge in [-0.3, -0.25) is 4.79 Å². The van der Waals surface area contributed by atoms with Crippen molar-refractivity contribution in [3.8, 4) is 0 Å². The molecule has 1 atom stereocenters. The molecule has 176 valence electrons. The number of morpholine rings is 1. The van der Waals surface area contributed by atoms with Gasteiger partial charge in [-0.1, -0.05) is 23.7 Å². The van der Waals surface area contributed by atoms with E-state index in [1.54, 1.807) is 24.3 Å². The highest BCUT2D eigenvalue weighted by molar-refractivity contribution is 6.30. The number of nitrogens with zero attached hydrogens (tertiary/aromatic N) is 2. The van der Waals surface area contributed by atoms with E-state index >= 15 is 0 Å². The van der Waals surface area contributed by atoms with Gasteiger partial charge in [0, 0.05) is 36.6 Å². The number of allylic oxidation sites excluding steroid dienone is 1. The first-order valence-corrected chi connectivity index (χ1v) is 11.6. The number of hydrogen-bond donors (Lipinski definition) is 4. The largest absolute Gasteiger partial charge is 0.387 e. The zero-order valence-corrected chi connectivity index (χ0v) is 19.5. The molecule has 0 aliphatic carbocycles. The molecule has 0 spiro atoms. The molecule has 0 bridgehead atoms. The number of ether oxygens (including phenoxy) is 1. The lowest BCUT2D eigenvalue weighted by Gasteiger charge is -2.29. The van der Waals surface area contributed by atoms with E-state index in [0.29, 0.717) is 40.9 Å². The highest BCUT2D eigenvalue weighted by atomic mass is 35.5. The molecule has 1 saturated heterocycles. The number of dihydropyridines is 1. The summed E-state index contributed by atoms with van der Waals surface area (Å²) in [7, 11) is 0. The van der Waals surface area contributed by atoms with Gasteiger partial charge in [-0.25, -0.2) is 4.99 Å². The van der Waals surface area contributed by atoms with Crippen molar-refractivity contribution in [2.45, 2.75) is 13.0 Å². The van der Waals surface area contributed by atoms with Gasteiger partial charge in [-0.15, -0.1) is 0 Å². The van der Waals surface area contributed by atoms with Crippen molar-refractivity contribution < 1.29 is 14.6 Å². The second-order valence-corrected chi connectivity index (χ2v) is 8.84. The summed E-state index contributed by atoms with van der Waals surface area (Å²) in [6.07, 6.45) is 2.40. The van der Waals surface area contributed by atoms with E-state index in [2.05, 4.69) is 38.0 Å². The van der Waals surface area contributed by atoms with E-state index in [-0.39, 0.29) is 12.5 Å². The quantitative estimate of drug-likeness (QED) is 0.488. The van der Waals surface area contributed by atoms with Crippen LogP contribution in [-0.2, 0) is 9.53 Å². The van der Waals surface area contributed by atoms with Crippen LogP contribution in [-0.4, -0.2) is 50.1 Å². The third kappa shape index (κ3) is 4.52. The molecule has 1 amide bonds. The number of anilines is 3. The van der Waals surface area contributed by atoms with Crippen LogP contribution < -0.4 is 20.9 Å². The van der Waals surface area contributed by atoms with Crippen LogP contribution in [0.15, 0.2) is 64.6 Å². The first-order valence-electron chi connectivity index (χ1n) is 11.2. The SMILES string of the molecule is Cc1cc(N2CCOCC2)cc2c1N/C(=C1\C(=O)N=CC=C1NCC(O)c1cccc(Cl)c1)N2. The van der Waals surface area contributed by atoms with Gasteiger partial charge >= 0.3 is 0 Å². The van der Waals surface area contributed by atoms with Crippen LogP contribution in [0.25, 0.3) is 0 Å². The van der Waals surface area contributed by atoms with Gasteiger partial charge in [-0.2, -0.15) is 0 Å². The number of benzene rings is 2. The van der Waals surface area contributed by atoms with Crippen molar-refractivity contribution in [3.63, 3.8) is 0 Å². The summed E-state index contributed by atoms with van der Waals surface area (Å²) in [4.78, 5) is 19.0. The molecule has 1 fully saturated rings. The second kappa shape index (κ2) is 9.50. The minimum atomic E-state index is -0.792. The predicted molar refractivity (Wildman–Crippen MR) is 134 cm³/mol. The Hall–Kier alpha value is -3.33. The Morgan fingerprint density at radius 2 is 2.06 bits per heavy atom. The van der Waals surface area contributed by atoms with Crippen molar-refractivity contribution in [2.24, 2.45) is 4.99 Å². The van der Waals surface area contributed by atoms with Crippen LogP contribution in [0, 0.1) is 6.92 Å². The molecule has 0 saturated carbocycles. The molecule has 2 aromatic rings. The number of fused-ring (bicyclic) bond motifs is 1. The van der Waals surface area contributed by atoms with Crippen LogP contribution >= 0.6 is 11.6 Å². The van der Waals surface area contributed by atoms with Crippen LogP contribution in [0.4, 0.5) is 17.1 Å². The second-order valence-electron chi connectivity index (χ2n) is 8.40. The molecule has 0 aromatic heterocycles. The number of aryl methyl sites for hydroxylation is 1. The molecule has 3 aliphatic rings. The summed E-state index contributed by atoms with van der Waals surface area (Å²) in [5, 5.41) is 21.1. The number of hydrogen-bond acceptors (Lipinski definition) is 7. The molecule has 9 heteroatoms. The fraction of sp³-hybridized carbons (Fsp3) is 0.280. The van der Waals surface area contributed by atoms with E-state index in [0.717, 1.165) is 35.7 Å². The molecular formula is C25H26ClN5O3. The number of aliphatic imine (C=N–C) groups is 1. The highest BCUT2D eigenvalue weighted by Crippen LogP contribution is 2.39. The lowest BCUT2D eigenvalue weighted by Crippen LogP contribution is -2.36. The van der Waals surface area contributed by atoms with E-state index in [1.807, 2.05) is 13.0 Å². The molecule has 1 unspecified atom stereocenters. The Morgan fingerprint density at radius 1 is 1.24 bits per heavy atom. The van der Waals surface area contributed by atoms with Crippen LogP contribution in [0.3, 0.4) is 0 Å².